The van der Waals surface area contributed by atoms with Crippen LogP contribution in [0.25, 0.3) is 0 Å². The van der Waals surface area contributed by atoms with Gasteiger partial charge in [-0.1, -0.05) is 29.8 Å². The summed E-state index contributed by atoms with van der Waals surface area (Å²) in [6, 6.07) is 8.55. The van der Waals surface area contributed by atoms with Crippen LogP contribution in [0.2, 0.25) is 0 Å². The lowest BCUT2D eigenvalue weighted by Gasteiger charge is -2.31. The van der Waals surface area contributed by atoms with Crippen molar-refractivity contribution in [3.8, 4) is 0 Å². The van der Waals surface area contributed by atoms with Gasteiger partial charge in [-0.2, -0.15) is 5.10 Å². The van der Waals surface area contributed by atoms with Crippen LogP contribution in [-0.2, 0) is 31.4 Å². The first-order valence-corrected chi connectivity index (χ1v) is 11.9. The van der Waals surface area contributed by atoms with Crippen LogP contribution < -0.4 is 4.90 Å². The number of hydrogen-bond donors (Lipinski definition) is 0. The second-order valence-electron chi connectivity index (χ2n) is 9.44. The van der Waals surface area contributed by atoms with Crippen molar-refractivity contribution < 1.29 is 4.79 Å². The third-order valence-electron chi connectivity index (χ3n) is 7.19. The first-order chi connectivity index (χ1) is 15.9. The molecule has 0 aliphatic carbocycles. The van der Waals surface area contributed by atoms with Crippen molar-refractivity contribution >= 4 is 11.7 Å². The Morgan fingerprint density at radius 3 is 2.55 bits per heavy atom. The Morgan fingerprint density at radius 1 is 1.03 bits per heavy atom. The fourth-order valence-electron chi connectivity index (χ4n) is 5.02. The lowest BCUT2D eigenvalue weighted by molar-refractivity contribution is -0.119. The number of nitrogens with zero attached hydrogens (tertiary/aromatic N) is 6. The minimum Gasteiger partial charge on any atom is -0.292 e. The normalized spacial score (nSPS) is 18.7. The minimum atomic E-state index is 0.140. The fraction of sp³-hybridized carbons (Fsp3) is 0.462. The second-order valence-corrected chi connectivity index (χ2v) is 9.44. The largest absolute Gasteiger partial charge is 0.292 e. The molecule has 3 aromatic rings. The van der Waals surface area contributed by atoms with E-state index in [0.717, 1.165) is 54.4 Å². The Balaban J connectivity index is 1.46. The van der Waals surface area contributed by atoms with Crippen LogP contribution in [0.15, 0.2) is 30.5 Å². The lowest BCUT2D eigenvalue weighted by atomic mass is 10.0. The molecule has 1 fully saturated rings. The van der Waals surface area contributed by atoms with Gasteiger partial charge in [0.05, 0.1) is 18.8 Å². The number of aromatic nitrogens is 4. The van der Waals surface area contributed by atoms with Crippen LogP contribution in [-0.4, -0.2) is 37.1 Å². The molecule has 7 heteroatoms. The van der Waals surface area contributed by atoms with Crippen molar-refractivity contribution in [2.24, 2.45) is 7.05 Å². The van der Waals surface area contributed by atoms with Gasteiger partial charge in [0.25, 0.3) is 0 Å². The third kappa shape index (κ3) is 4.17. The number of rotatable bonds is 5. The van der Waals surface area contributed by atoms with Gasteiger partial charge < -0.3 is 0 Å². The Kier molecular flexibility index (Phi) is 5.74. The molecule has 1 aromatic carbocycles. The Bertz CT molecular complexity index is 1180. The monoisotopic (exact) mass is 444 g/mol. The number of carbonyl (C=O) groups is 1. The van der Waals surface area contributed by atoms with Gasteiger partial charge >= 0.3 is 0 Å². The number of carbonyl (C=O) groups excluding carboxylic acids is 1. The predicted molar refractivity (Wildman–Crippen MR) is 128 cm³/mol. The summed E-state index contributed by atoms with van der Waals surface area (Å²) in [6.07, 6.45) is 5.34. The van der Waals surface area contributed by atoms with E-state index in [-0.39, 0.29) is 11.9 Å². The molecular formula is C26H32N6O. The van der Waals surface area contributed by atoms with Crippen LogP contribution in [0, 0.1) is 20.8 Å². The minimum absolute atomic E-state index is 0.140. The van der Waals surface area contributed by atoms with Crippen molar-refractivity contribution in [2.45, 2.75) is 65.6 Å². The molecular weight excluding hydrogens is 412 g/mol. The predicted octanol–water partition coefficient (Wildman–Crippen LogP) is 3.95. The van der Waals surface area contributed by atoms with Crippen molar-refractivity contribution in [3.63, 3.8) is 0 Å². The number of amides is 1. The highest BCUT2D eigenvalue weighted by molar-refractivity contribution is 5.95. The average Bonchev–Trinajstić information content (AvgIpc) is 3.39. The summed E-state index contributed by atoms with van der Waals surface area (Å²) in [5.41, 5.74) is 6.89. The number of anilines is 1. The quantitative estimate of drug-likeness (QED) is 0.596. The zero-order valence-electron chi connectivity index (χ0n) is 20.0. The molecule has 1 saturated heterocycles. The van der Waals surface area contributed by atoms with E-state index in [4.69, 9.17) is 9.97 Å². The first kappa shape index (κ1) is 21.8. The van der Waals surface area contributed by atoms with E-state index in [1.807, 2.05) is 22.8 Å². The number of hydrogen-bond acceptors (Lipinski definition) is 5. The van der Waals surface area contributed by atoms with E-state index in [0.29, 0.717) is 19.4 Å². The summed E-state index contributed by atoms with van der Waals surface area (Å²) < 4.78 is 1.93. The van der Waals surface area contributed by atoms with Gasteiger partial charge in [-0.25, -0.2) is 9.97 Å². The van der Waals surface area contributed by atoms with Crippen LogP contribution in [0.5, 0.6) is 0 Å². The highest BCUT2D eigenvalue weighted by Gasteiger charge is 2.33. The number of fused-ring (bicyclic) bond motifs is 1. The van der Waals surface area contributed by atoms with Gasteiger partial charge in [0.15, 0.2) is 0 Å². The summed E-state index contributed by atoms with van der Waals surface area (Å²) in [5.74, 6) is 1.79. The van der Waals surface area contributed by atoms with E-state index in [1.165, 1.54) is 16.8 Å². The summed E-state index contributed by atoms with van der Waals surface area (Å²) >= 11 is 0. The third-order valence-corrected chi connectivity index (χ3v) is 7.19. The lowest BCUT2D eigenvalue weighted by Crippen LogP contribution is -2.37. The Morgan fingerprint density at radius 2 is 1.82 bits per heavy atom. The Labute approximate surface area is 195 Å². The van der Waals surface area contributed by atoms with E-state index >= 15 is 0 Å². The highest BCUT2D eigenvalue weighted by atomic mass is 16.2. The Hall–Kier alpha value is -3.06. The van der Waals surface area contributed by atoms with Crippen molar-refractivity contribution in [1.29, 1.82) is 0 Å². The van der Waals surface area contributed by atoms with Crippen LogP contribution in [0.1, 0.15) is 64.8 Å². The topological polar surface area (TPSA) is 67.2 Å². The molecule has 2 aliphatic rings. The zero-order chi connectivity index (χ0) is 23.1. The summed E-state index contributed by atoms with van der Waals surface area (Å²) in [4.78, 5) is 27.3. The summed E-state index contributed by atoms with van der Waals surface area (Å²) in [5, 5.41) is 4.41. The second kappa shape index (κ2) is 8.71. The van der Waals surface area contributed by atoms with E-state index < -0.39 is 0 Å². The maximum Gasteiger partial charge on any atom is 0.228 e. The molecule has 4 heterocycles. The van der Waals surface area contributed by atoms with Crippen molar-refractivity contribution in [2.75, 3.05) is 11.4 Å². The molecule has 0 N–H and O–H groups in total. The first-order valence-electron chi connectivity index (χ1n) is 11.9. The van der Waals surface area contributed by atoms with Gasteiger partial charge in [-0.05, 0) is 52.1 Å². The molecule has 33 heavy (non-hydrogen) atoms. The molecule has 0 spiro atoms. The number of likely N-dealkylation sites (tertiary alicyclic amines) is 1. The van der Waals surface area contributed by atoms with Crippen molar-refractivity contribution in [1.82, 2.24) is 24.6 Å². The number of benzene rings is 1. The molecule has 1 atom stereocenters. The summed E-state index contributed by atoms with van der Waals surface area (Å²) in [7, 11) is 1.98. The van der Waals surface area contributed by atoms with Crippen LogP contribution >= 0.6 is 0 Å². The molecule has 0 saturated carbocycles. The van der Waals surface area contributed by atoms with E-state index in [9.17, 15) is 4.79 Å². The van der Waals surface area contributed by atoms with Gasteiger partial charge in [0.2, 0.25) is 5.91 Å². The van der Waals surface area contributed by atoms with Crippen LogP contribution in [0.4, 0.5) is 5.82 Å². The van der Waals surface area contributed by atoms with Gasteiger partial charge in [-0.15, -0.1) is 0 Å². The zero-order valence-corrected chi connectivity index (χ0v) is 20.0. The molecule has 2 aromatic heterocycles. The highest BCUT2D eigenvalue weighted by Crippen LogP contribution is 2.36. The molecule has 0 bridgehead atoms. The van der Waals surface area contributed by atoms with Crippen LogP contribution in [0.3, 0.4) is 0 Å². The maximum atomic E-state index is 13.0. The molecule has 172 valence electrons. The molecule has 0 unspecified atom stereocenters. The molecule has 5 rings (SSSR count). The van der Waals surface area contributed by atoms with Crippen molar-refractivity contribution in [3.05, 3.63) is 69.9 Å². The van der Waals surface area contributed by atoms with Gasteiger partial charge in [-0.3, -0.25) is 19.3 Å². The average molecular weight is 445 g/mol. The number of aryl methyl sites for hydroxylation is 3. The van der Waals surface area contributed by atoms with Gasteiger partial charge in [0, 0.05) is 42.5 Å². The SMILES string of the molecule is Cc1ccc(CN2C(=O)CCc3c(C)nc([C@H]4CCCN4Cc4cnn(C)c4C)nc32)cc1. The maximum absolute atomic E-state index is 13.0. The molecule has 7 nitrogen and oxygen atoms in total. The smallest absolute Gasteiger partial charge is 0.228 e. The van der Waals surface area contributed by atoms with Gasteiger partial charge in [0.1, 0.15) is 11.6 Å². The molecule has 1 amide bonds. The molecule has 0 radical (unpaired) electrons. The summed E-state index contributed by atoms with van der Waals surface area (Å²) in [6.45, 7) is 8.66. The molecule has 2 aliphatic heterocycles. The van der Waals surface area contributed by atoms with E-state index in [1.54, 1.807) is 0 Å². The van der Waals surface area contributed by atoms with E-state index in [2.05, 4.69) is 55.0 Å². The fourth-order valence-corrected chi connectivity index (χ4v) is 5.02. The standard InChI is InChI=1S/C26H32N6O/c1-17-7-9-20(10-8-17)15-32-24(33)12-11-22-18(2)28-25(29-26(22)32)23-6-5-13-31(23)16-21-14-27-30(4)19(21)3/h7-10,14,23H,5-6,11-13,15-16H2,1-4H3/t23-/m1/s1.